The Balaban J connectivity index is 1.98. The van der Waals surface area contributed by atoms with E-state index in [0.717, 1.165) is 6.08 Å². The standard InChI is InChI=1S/C23H21F5N2O3/c1-12(2)15-11-14(6-7-19(15)31)33-20-16(21(24)25)9-13(10-17(20)23(26,27)28)30-22(32)18-5-3-4-8-29-18/h3-9,11-13,21,31H,10H2,1-2H3,(H,30,32). The molecule has 3 rings (SSSR count). The van der Waals surface area contributed by atoms with Crippen molar-refractivity contribution in [1.82, 2.24) is 10.3 Å². The van der Waals surface area contributed by atoms with Crippen molar-refractivity contribution in [3.05, 3.63) is 76.8 Å². The Morgan fingerprint density at radius 3 is 2.52 bits per heavy atom. The first kappa shape index (κ1) is 24.2. The van der Waals surface area contributed by atoms with Crippen LogP contribution >= 0.6 is 0 Å². The predicted molar refractivity (Wildman–Crippen MR) is 110 cm³/mol. The SMILES string of the molecule is CC(C)c1cc(OC2=C(C(F)(F)F)CC(NC(=O)c3ccccn3)C=C2C(F)F)ccc1O. The van der Waals surface area contributed by atoms with Crippen LogP contribution in [0.5, 0.6) is 11.5 Å². The molecule has 1 unspecified atom stereocenters. The quantitative estimate of drug-likeness (QED) is 0.550. The number of carbonyl (C=O) groups excluding carboxylic acids is 1. The predicted octanol–water partition coefficient (Wildman–Crippen LogP) is 5.50. The second-order valence-electron chi connectivity index (χ2n) is 7.70. The molecule has 0 saturated carbocycles. The second-order valence-corrected chi connectivity index (χ2v) is 7.70. The molecule has 1 aromatic carbocycles. The fourth-order valence-electron chi connectivity index (χ4n) is 3.38. The lowest BCUT2D eigenvalue weighted by molar-refractivity contribution is -0.0973. The Bertz CT molecular complexity index is 1080. The molecule has 1 amide bonds. The summed E-state index contributed by atoms with van der Waals surface area (Å²) < 4.78 is 74.6. The van der Waals surface area contributed by atoms with Crippen LogP contribution in [0.15, 0.2) is 65.6 Å². The first-order valence-corrected chi connectivity index (χ1v) is 10.0. The van der Waals surface area contributed by atoms with Crippen LogP contribution in [0, 0.1) is 0 Å². The monoisotopic (exact) mass is 468 g/mol. The van der Waals surface area contributed by atoms with Crippen molar-refractivity contribution in [3.63, 3.8) is 0 Å². The molecule has 1 heterocycles. The van der Waals surface area contributed by atoms with Crippen LogP contribution < -0.4 is 10.1 Å². The Morgan fingerprint density at radius 1 is 1.21 bits per heavy atom. The van der Waals surface area contributed by atoms with E-state index in [1.54, 1.807) is 19.9 Å². The first-order valence-electron chi connectivity index (χ1n) is 10.0. The maximum Gasteiger partial charge on any atom is 0.416 e. The molecule has 0 aliphatic heterocycles. The lowest BCUT2D eigenvalue weighted by atomic mass is 9.92. The molecule has 0 saturated heterocycles. The average molecular weight is 468 g/mol. The van der Waals surface area contributed by atoms with Gasteiger partial charge in [0.1, 0.15) is 23.0 Å². The van der Waals surface area contributed by atoms with Crippen molar-refractivity contribution in [2.24, 2.45) is 0 Å². The molecule has 5 nitrogen and oxygen atoms in total. The van der Waals surface area contributed by atoms with E-state index < -0.39 is 47.9 Å². The van der Waals surface area contributed by atoms with Crippen LogP contribution in [-0.2, 0) is 0 Å². The van der Waals surface area contributed by atoms with Gasteiger partial charge in [-0.2, -0.15) is 13.2 Å². The highest BCUT2D eigenvalue weighted by Gasteiger charge is 2.43. The van der Waals surface area contributed by atoms with Crippen molar-refractivity contribution in [3.8, 4) is 11.5 Å². The van der Waals surface area contributed by atoms with Gasteiger partial charge in [-0.25, -0.2) is 8.78 Å². The number of allylic oxidation sites excluding steroid dienone is 1. The molecular weight excluding hydrogens is 447 g/mol. The van der Waals surface area contributed by atoms with Gasteiger partial charge in [0, 0.05) is 18.2 Å². The van der Waals surface area contributed by atoms with E-state index in [1.165, 1.54) is 36.5 Å². The Kier molecular flexibility index (Phi) is 7.04. The van der Waals surface area contributed by atoms with E-state index >= 15 is 0 Å². The number of alkyl halides is 5. The molecule has 0 fully saturated rings. The number of aromatic nitrogens is 1. The minimum absolute atomic E-state index is 0.0607. The number of nitrogens with zero attached hydrogens (tertiary/aromatic N) is 1. The molecule has 0 bridgehead atoms. The maximum atomic E-state index is 13.9. The van der Waals surface area contributed by atoms with Crippen molar-refractivity contribution < 1.29 is 36.6 Å². The van der Waals surface area contributed by atoms with Gasteiger partial charge in [-0.1, -0.05) is 19.9 Å². The number of aromatic hydroxyl groups is 1. The molecule has 1 aromatic heterocycles. The number of hydrogen-bond donors (Lipinski definition) is 2. The minimum atomic E-state index is -4.99. The number of nitrogens with one attached hydrogen (secondary N) is 1. The summed E-state index contributed by atoms with van der Waals surface area (Å²) in [6.45, 7) is 3.50. The number of ether oxygens (including phenoxy) is 1. The van der Waals surface area contributed by atoms with E-state index in [1.807, 2.05) is 0 Å². The summed E-state index contributed by atoms with van der Waals surface area (Å²) in [4.78, 5) is 16.1. The molecule has 0 radical (unpaired) electrons. The van der Waals surface area contributed by atoms with Gasteiger partial charge < -0.3 is 15.2 Å². The average Bonchev–Trinajstić information content (AvgIpc) is 2.75. The second kappa shape index (κ2) is 9.60. The number of phenols is 1. The highest BCUT2D eigenvalue weighted by molar-refractivity contribution is 5.92. The third kappa shape index (κ3) is 5.68. The zero-order valence-corrected chi connectivity index (χ0v) is 17.7. The fourth-order valence-corrected chi connectivity index (χ4v) is 3.38. The summed E-state index contributed by atoms with van der Waals surface area (Å²) >= 11 is 0. The summed E-state index contributed by atoms with van der Waals surface area (Å²) in [5, 5.41) is 12.2. The third-order valence-electron chi connectivity index (χ3n) is 4.97. The number of halogens is 5. The van der Waals surface area contributed by atoms with Crippen LogP contribution in [0.4, 0.5) is 22.0 Å². The molecule has 176 valence electrons. The molecule has 2 N–H and O–H groups in total. The first-order chi connectivity index (χ1) is 15.5. The normalized spacial score (nSPS) is 16.8. The smallest absolute Gasteiger partial charge is 0.416 e. The highest BCUT2D eigenvalue weighted by atomic mass is 19.4. The molecular formula is C23H21F5N2O3. The molecule has 0 spiro atoms. The van der Waals surface area contributed by atoms with E-state index in [4.69, 9.17) is 4.74 Å². The fraction of sp³-hybridized carbons (Fsp3) is 0.304. The van der Waals surface area contributed by atoms with E-state index in [9.17, 15) is 31.9 Å². The van der Waals surface area contributed by atoms with Crippen molar-refractivity contribution in [2.75, 3.05) is 0 Å². The van der Waals surface area contributed by atoms with E-state index in [-0.39, 0.29) is 23.1 Å². The molecule has 10 heteroatoms. The number of carbonyl (C=O) groups is 1. The van der Waals surface area contributed by atoms with Crippen LogP contribution in [0.1, 0.15) is 42.2 Å². The summed E-state index contributed by atoms with van der Waals surface area (Å²) in [5.41, 5.74) is -1.99. The molecule has 33 heavy (non-hydrogen) atoms. The van der Waals surface area contributed by atoms with Gasteiger partial charge in [0.2, 0.25) is 0 Å². The summed E-state index contributed by atoms with van der Waals surface area (Å²) in [7, 11) is 0. The van der Waals surface area contributed by atoms with Crippen molar-refractivity contribution in [1.29, 1.82) is 0 Å². The van der Waals surface area contributed by atoms with Crippen LogP contribution in [0.2, 0.25) is 0 Å². The van der Waals surface area contributed by atoms with Gasteiger partial charge in [0.25, 0.3) is 12.3 Å². The van der Waals surface area contributed by atoms with Crippen molar-refractivity contribution in [2.45, 2.75) is 44.8 Å². The van der Waals surface area contributed by atoms with Gasteiger partial charge in [0.05, 0.1) is 17.2 Å². The molecule has 1 aliphatic carbocycles. The topological polar surface area (TPSA) is 71.5 Å². The minimum Gasteiger partial charge on any atom is -0.508 e. The molecule has 1 aliphatic rings. The van der Waals surface area contributed by atoms with Crippen LogP contribution in [-0.4, -0.2) is 34.6 Å². The van der Waals surface area contributed by atoms with Crippen molar-refractivity contribution >= 4 is 5.91 Å². The number of benzene rings is 1. The van der Waals surface area contributed by atoms with Gasteiger partial charge in [-0.15, -0.1) is 0 Å². The Hall–Kier alpha value is -3.43. The largest absolute Gasteiger partial charge is 0.508 e. The van der Waals surface area contributed by atoms with Gasteiger partial charge in [-0.3, -0.25) is 9.78 Å². The molecule has 2 aromatic rings. The lowest BCUT2D eigenvalue weighted by Gasteiger charge is -2.28. The number of rotatable bonds is 6. The van der Waals surface area contributed by atoms with Gasteiger partial charge in [-0.05, 0) is 42.3 Å². The van der Waals surface area contributed by atoms with Gasteiger partial charge >= 0.3 is 6.18 Å². The van der Waals surface area contributed by atoms with E-state index in [2.05, 4.69) is 10.3 Å². The van der Waals surface area contributed by atoms with E-state index in [0.29, 0.717) is 5.56 Å². The summed E-state index contributed by atoms with van der Waals surface area (Å²) in [5.74, 6) is -2.21. The lowest BCUT2D eigenvalue weighted by Crippen LogP contribution is -2.39. The Morgan fingerprint density at radius 2 is 1.94 bits per heavy atom. The maximum absolute atomic E-state index is 13.9. The third-order valence-corrected chi connectivity index (χ3v) is 4.97. The summed E-state index contributed by atoms with van der Waals surface area (Å²) in [6.07, 6.45) is -6.90. The highest BCUT2D eigenvalue weighted by Crippen LogP contribution is 2.41. The zero-order chi connectivity index (χ0) is 24.3. The Labute approximate surface area is 186 Å². The van der Waals surface area contributed by atoms with Crippen LogP contribution in [0.3, 0.4) is 0 Å². The zero-order valence-electron chi connectivity index (χ0n) is 17.7. The van der Waals surface area contributed by atoms with Gasteiger partial charge in [0.15, 0.2) is 0 Å². The summed E-state index contributed by atoms with van der Waals surface area (Å²) in [6, 6.07) is 6.79. The number of phenolic OH excluding ortho intramolecular Hbond substituents is 1. The molecule has 1 atom stereocenters. The number of amides is 1. The number of pyridine rings is 1. The number of hydrogen-bond acceptors (Lipinski definition) is 4. The van der Waals surface area contributed by atoms with Crippen LogP contribution in [0.25, 0.3) is 0 Å².